The fraction of sp³-hybridized carbons (Fsp3) is 0.0588. The highest BCUT2D eigenvalue weighted by molar-refractivity contribution is 5.88. The van der Waals surface area contributed by atoms with Crippen molar-refractivity contribution in [2.75, 3.05) is 11.5 Å². The Morgan fingerprint density at radius 1 is 0.361 bits per heavy atom. The van der Waals surface area contributed by atoms with E-state index in [9.17, 15) is 26.3 Å². The predicted molar refractivity (Wildman–Crippen MR) is 226 cm³/mol. The van der Waals surface area contributed by atoms with Crippen LogP contribution in [0.3, 0.4) is 0 Å². The molecule has 0 aromatic heterocycles. The van der Waals surface area contributed by atoms with Crippen molar-refractivity contribution in [1.82, 2.24) is 0 Å². The Balaban J connectivity index is 1.27. The lowest BCUT2D eigenvalue weighted by Crippen LogP contribution is -2.28. The number of ether oxygens (including phenoxy) is 2. The molecule has 61 heavy (non-hydrogen) atoms. The summed E-state index contributed by atoms with van der Waals surface area (Å²) >= 11 is 0. The van der Waals surface area contributed by atoms with Gasteiger partial charge in [0.1, 0.15) is 23.0 Å². The Bertz CT molecular complexity index is 2730. The molecule has 1 aliphatic carbocycles. The van der Waals surface area contributed by atoms with Gasteiger partial charge >= 0.3 is 12.4 Å². The Kier molecular flexibility index (Phi) is 9.58. The molecule has 8 aromatic carbocycles. The van der Waals surface area contributed by atoms with Crippen molar-refractivity contribution in [1.29, 1.82) is 0 Å². The highest BCUT2D eigenvalue weighted by Crippen LogP contribution is 2.58. The zero-order chi connectivity index (χ0) is 42.5. The van der Waals surface area contributed by atoms with Crippen molar-refractivity contribution in [2.45, 2.75) is 17.8 Å². The quantitative estimate of drug-likeness (QED) is 0.118. The Morgan fingerprint density at radius 3 is 1.10 bits per heavy atom. The van der Waals surface area contributed by atoms with E-state index in [1.165, 1.54) is 12.1 Å². The van der Waals surface area contributed by atoms with E-state index in [2.05, 4.69) is 24.3 Å². The van der Waals surface area contributed by atoms with Gasteiger partial charge in [-0.1, -0.05) is 121 Å². The number of benzene rings is 8. The van der Waals surface area contributed by atoms with Crippen molar-refractivity contribution in [3.05, 3.63) is 215 Å². The van der Waals surface area contributed by atoms with E-state index in [0.29, 0.717) is 22.6 Å². The second kappa shape index (κ2) is 15.0. The zero-order valence-electron chi connectivity index (χ0n) is 32.1. The molecular weight excluding hydrogens is 787 g/mol. The van der Waals surface area contributed by atoms with Crippen LogP contribution in [0, 0.1) is 0 Å². The lowest BCUT2D eigenvalue weighted by Gasteiger charge is -2.35. The standard InChI is InChI=1S/C51H34F6N2O2/c52-50(53,54)35-21-25-47(43(58)29-35)60-45-23-19-33(27-39(45)31-11-3-1-4-12-31)49(41-17-9-7-15-37(41)38-16-8-10-18-42(38)49)34-20-24-46(40(28-34)32-13-5-2-6-14-32)61-48-26-22-36(30-44(48)59)51(55,56)57/h1-30H,58-59H2. The third-order valence-corrected chi connectivity index (χ3v) is 11.1. The van der Waals surface area contributed by atoms with Crippen LogP contribution < -0.4 is 20.9 Å². The molecule has 4 N–H and O–H groups in total. The van der Waals surface area contributed by atoms with Crippen LogP contribution in [-0.4, -0.2) is 0 Å². The van der Waals surface area contributed by atoms with Crippen LogP contribution in [0.4, 0.5) is 37.7 Å². The minimum Gasteiger partial charge on any atom is -0.455 e. The predicted octanol–water partition coefficient (Wildman–Crippen LogP) is 14.2. The third kappa shape index (κ3) is 6.99. The fourth-order valence-corrected chi connectivity index (χ4v) is 8.29. The summed E-state index contributed by atoms with van der Waals surface area (Å²) in [7, 11) is 0. The highest BCUT2D eigenvalue weighted by atomic mass is 19.4. The molecule has 0 radical (unpaired) electrons. The number of halogens is 6. The lowest BCUT2D eigenvalue weighted by molar-refractivity contribution is -0.138. The Morgan fingerprint density at radius 2 is 0.721 bits per heavy atom. The molecule has 10 heteroatoms. The molecule has 4 nitrogen and oxygen atoms in total. The van der Waals surface area contributed by atoms with Gasteiger partial charge in [0.15, 0.2) is 0 Å². The molecule has 0 heterocycles. The summed E-state index contributed by atoms with van der Waals surface area (Å²) in [6.07, 6.45) is -9.15. The molecule has 0 spiro atoms. The number of hydrogen-bond acceptors (Lipinski definition) is 4. The van der Waals surface area contributed by atoms with E-state index >= 15 is 0 Å². The van der Waals surface area contributed by atoms with Gasteiger partial charge in [-0.05, 0) is 105 Å². The van der Waals surface area contributed by atoms with E-state index in [0.717, 1.165) is 68.8 Å². The summed E-state index contributed by atoms with van der Waals surface area (Å²) < 4.78 is 94.1. The van der Waals surface area contributed by atoms with E-state index in [-0.39, 0.29) is 22.9 Å². The summed E-state index contributed by atoms with van der Waals surface area (Å²) in [5.74, 6) is 0.889. The van der Waals surface area contributed by atoms with Gasteiger partial charge in [0.05, 0.1) is 27.9 Å². The fourth-order valence-electron chi connectivity index (χ4n) is 8.29. The average Bonchev–Trinajstić information content (AvgIpc) is 3.56. The zero-order valence-corrected chi connectivity index (χ0v) is 32.1. The lowest BCUT2D eigenvalue weighted by atomic mass is 9.67. The van der Waals surface area contributed by atoms with Crippen molar-refractivity contribution >= 4 is 11.4 Å². The van der Waals surface area contributed by atoms with Crippen LogP contribution in [0.2, 0.25) is 0 Å². The first-order chi connectivity index (χ1) is 29.3. The molecule has 8 aromatic rings. The van der Waals surface area contributed by atoms with Gasteiger partial charge in [-0.2, -0.15) is 26.3 Å². The molecule has 9 rings (SSSR count). The minimum absolute atomic E-state index is 0.0703. The van der Waals surface area contributed by atoms with Crippen LogP contribution in [0.25, 0.3) is 33.4 Å². The van der Waals surface area contributed by atoms with E-state index in [4.69, 9.17) is 20.9 Å². The number of fused-ring (bicyclic) bond motifs is 3. The molecule has 0 saturated carbocycles. The SMILES string of the molecule is Nc1cc(C(F)(F)F)ccc1Oc1ccc(C2(c3ccc(Oc4ccc(C(F)(F)F)cc4N)c(-c4ccccc4)c3)c3ccccc3-c3ccccc32)cc1-c1ccccc1. The van der Waals surface area contributed by atoms with Crippen molar-refractivity contribution < 1.29 is 35.8 Å². The first-order valence-corrected chi connectivity index (χ1v) is 19.2. The molecule has 0 aliphatic heterocycles. The maximum Gasteiger partial charge on any atom is 0.416 e. The third-order valence-electron chi connectivity index (χ3n) is 11.1. The van der Waals surface area contributed by atoms with Gasteiger partial charge in [0, 0.05) is 11.1 Å². The van der Waals surface area contributed by atoms with Gasteiger partial charge < -0.3 is 20.9 Å². The first kappa shape index (κ1) is 39.0. The van der Waals surface area contributed by atoms with Gasteiger partial charge in [-0.3, -0.25) is 0 Å². The summed E-state index contributed by atoms with van der Waals surface area (Å²) in [4.78, 5) is 0. The van der Waals surface area contributed by atoms with Gasteiger partial charge in [0.2, 0.25) is 0 Å². The molecular formula is C51H34F6N2O2. The van der Waals surface area contributed by atoms with Crippen molar-refractivity contribution in [3.63, 3.8) is 0 Å². The monoisotopic (exact) mass is 820 g/mol. The van der Waals surface area contributed by atoms with Crippen molar-refractivity contribution in [3.8, 4) is 56.4 Å². The summed E-state index contributed by atoms with van der Waals surface area (Å²) in [6, 6.07) is 53.0. The average molecular weight is 821 g/mol. The van der Waals surface area contributed by atoms with E-state index in [1.807, 2.05) is 121 Å². The van der Waals surface area contributed by atoms with Crippen LogP contribution in [0.1, 0.15) is 33.4 Å². The molecule has 0 atom stereocenters. The summed E-state index contributed by atoms with van der Waals surface area (Å²) in [5, 5.41) is 0. The smallest absolute Gasteiger partial charge is 0.416 e. The first-order valence-electron chi connectivity index (χ1n) is 19.2. The van der Waals surface area contributed by atoms with Gasteiger partial charge in [0.25, 0.3) is 0 Å². The molecule has 302 valence electrons. The highest BCUT2D eigenvalue weighted by Gasteiger charge is 2.46. The normalized spacial score (nSPS) is 13.0. The largest absolute Gasteiger partial charge is 0.455 e. The molecule has 1 aliphatic rings. The topological polar surface area (TPSA) is 70.5 Å². The maximum atomic E-state index is 13.6. The number of nitrogens with two attached hydrogens (primary N) is 2. The molecule has 0 saturated heterocycles. The number of anilines is 2. The molecule has 0 amide bonds. The number of nitrogen functional groups attached to an aromatic ring is 2. The molecule has 0 unspecified atom stereocenters. The van der Waals surface area contributed by atoms with Crippen LogP contribution >= 0.6 is 0 Å². The van der Waals surface area contributed by atoms with Crippen LogP contribution in [0.15, 0.2) is 182 Å². The van der Waals surface area contributed by atoms with Crippen LogP contribution in [0.5, 0.6) is 23.0 Å². The van der Waals surface area contributed by atoms with E-state index in [1.54, 1.807) is 0 Å². The number of hydrogen-bond donors (Lipinski definition) is 2. The Labute approximate surface area is 347 Å². The summed E-state index contributed by atoms with van der Waals surface area (Å²) in [5.41, 5.74) is 17.9. The maximum absolute atomic E-state index is 13.6. The van der Waals surface area contributed by atoms with E-state index < -0.39 is 28.9 Å². The number of rotatable bonds is 8. The molecule has 0 fully saturated rings. The van der Waals surface area contributed by atoms with Crippen molar-refractivity contribution in [2.24, 2.45) is 0 Å². The second-order valence-electron chi connectivity index (χ2n) is 14.7. The minimum atomic E-state index is -4.58. The number of alkyl halides is 6. The molecule has 0 bridgehead atoms. The Hall–Kier alpha value is -7.46. The summed E-state index contributed by atoms with van der Waals surface area (Å²) in [6.45, 7) is 0. The van der Waals surface area contributed by atoms with Crippen LogP contribution in [-0.2, 0) is 17.8 Å². The van der Waals surface area contributed by atoms with Gasteiger partial charge in [-0.25, -0.2) is 0 Å². The van der Waals surface area contributed by atoms with Gasteiger partial charge in [-0.15, -0.1) is 0 Å². The second-order valence-corrected chi connectivity index (χ2v) is 14.7.